The number of hydrogen-bond acceptors (Lipinski definition) is 3. The lowest BCUT2D eigenvalue weighted by Gasteiger charge is -2.24. The molecule has 1 unspecified atom stereocenters. The summed E-state index contributed by atoms with van der Waals surface area (Å²) in [5, 5.41) is 0. The van der Waals surface area contributed by atoms with E-state index in [1.807, 2.05) is 6.92 Å². The Bertz CT molecular complexity index is 210. The minimum absolute atomic E-state index is 0.105. The first-order chi connectivity index (χ1) is 5.60. The molecule has 0 spiro atoms. The maximum atomic E-state index is 11.1. The first-order valence-electron chi connectivity index (χ1n) is 3.95. The summed E-state index contributed by atoms with van der Waals surface area (Å²) in [6, 6.07) is 0. The molecule has 0 aromatic carbocycles. The lowest BCUT2D eigenvalue weighted by atomic mass is 10.0. The first kappa shape index (κ1) is 9.42. The van der Waals surface area contributed by atoms with Crippen molar-refractivity contribution < 1.29 is 14.3 Å². The zero-order chi connectivity index (χ0) is 9.19. The van der Waals surface area contributed by atoms with Crippen molar-refractivity contribution in [3.05, 3.63) is 12.2 Å². The van der Waals surface area contributed by atoms with Gasteiger partial charge in [-0.15, -0.1) is 0 Å². The van der Waals surface area contributed by atoms with Crippen LogP contribution in [0.5, 0.6) is 0 Å². The topological polar surface area (TPSA) is 35.5 Å². The highest BCUT2D eigenvalue weighted by atomic mass is 16.7. The van der Waals surface area contributed by atoms with E-state index < -0.39 is 5.60 Å². The Morgan fingerprint density at radius 3 is 2.75 bits per heavy atom. The number of rotatable bonds is 3. The lowest BCUT2D eigenvalue weighted by Crippen LogP contribution is -2.28. The molecule has 0 saturated heterocycles. The molecule has 0 aromatic heterocycles. The number of Topliss-reactive ketones (excluding diaryl/α,β-unsaturated/α-hetero) is 1. The molecular formula is C9H14O3. The van der Waals surface area contributed by atoms with Gasteiger partial charge in [-0.3, -0.25) is 4.79 Å². The fraction of sp³-hybridized carbons (Fsp3) is 0.667. The molecule has 68 valence electrons. The van der Waals surface area contributed by atoms with Gasteiger partial charge in [-0.05, 0) is 13.3 Å². The Hall–Kier alpha value is -0.670. The Labute approximate surface area is 72.4 Å². The van der Waals surface area contributed by atoms with Crippen molar-refractivity contribution in [3.63, 3.8) is 0 Å². The van der Waals surface area contributed by atoms with Gasteiger partial charge < -0.3 is 9.47 Å². The van der Waals surface area contributed by atoms with Gasteiger partial charge in [0.05, 0.1) is 5.60 Å². The van der Waals surface area contributed by atoms with Crippen molar-refractivity contribution in [2.75, 3.05) is 13.9 Å². The second-order valence-electron chi connectivity index (χ2n) is 3.18. The van der Waals surface area contributed by atoms with Crippen LogP contribution in [0, 0.1) is 0 Å². The molecule has 3 heteroatoms. The highest BCUT2D eigenvalue weighted by Gasteiger charge is 2.38. The van der Waals surface area contributed by atoms with Gasteiger partial charge in [0.2, 0.25) is 0 Å². The van der Waals surface area contributed by atoms with Crippen molar-refractivity contribution in [3.8, 4) is 0 Å². The molecule has 1 saturated carbocycles. The van der Waals surface area contributed by atoms with Crippen LogP contribution in [0.1, 0.15) is 19.8 Å². The van der Waals surface area contributed by atoms with E-state index in [1.54, 1.807) is 7.11 Å². The van der Waals surface area contributed by atoms with Gasteiger partial charge in [0.1, 0.15) is 6.79 Å². The Kier molecular flexibility index (Phi) is 2.65. The normalized spacial score (nSPS) is 29.8. The summed E-state index contributed by atoms with van der Waals surface area (Å²) in [6.45, 7) is 5.80. The second-order valence-corrected chi connectivity index (χ2v) is 3.18. The van der Waals surface area contributed by atoms with E-state index >= 15 is 0 Å². The van der Waals surface area contributed by atoms with Crippen molar-refractivity contribution in [2.45, 2.75) is 25.4 Å². The number of methoxy groups -OCH3 is 1. The standard InChI is InChI=1S/C9H14O3/c1-7-8(10)4-5-9(7,2)12-6-11-3/h1,4-6H2,2-3H3. The summed E-state index contributed by atoms with van der Waals surface area (Å²) in [4.78, 5) is 11.1. The number of carbonyl (C=O) groups is 1. The third kappa shape index (κ3) is 1.57. The fourth-order valence-corrected chi connectivity index (χ4v) is 1.30. The molecule has 0 N–H and O–H groups in total. The van der Waals surface area contributed by atoms with E-state index in [9.17, 15) is 4.79 Å². The van der Waals surface area contributed by atoms with E-state index in [1.165, 1.54) is 0 Å². The Balaban J connectivity index is 2.60. The van der Waals surface area contributed by atoms with E-state index in [2.05, 4.69) is 6.58 Å². The zero-order valence-corrected chi connectivity index (χ0v) is 7.55. The average molecular weight is 170 g/mol. The van der Waals surface area contributed by atoms with Crippen LogP contribution in [0.2, 0.25) is 0 Å². The molecule has 1 fully saturated rings. The van der Waals surface area contributed by atoms with Gasteiger partial charge in [0, 0.05) is 19.1 Å². The zero-order valence-electron chi connectivity index (χ0n) is 7.55. The molecular weight excluding hydrogens is 156 g/mol. The van der Waals surface area contributed by atoms with E-state index in [-0.39, 0.29) is 12.6 Å². The van der Waals surface area contributed by atoms with E-state index in [0.29, 0.717) is 18.4 Å². The molecule has 0 heterocycles. The summed E-state index contributed by atoms with van der Waals surface area (Å²) >= 11 is 0. The van der Waals surface area contributed by atoms with Gasteiger partial charge in [0.15, 0.2) is 5.78 Å². The van der Waals surface area contributed by atoms with Crippen molar-refractivity contribution >= 4 is 5.78 Å². The lowest BCUT2D eigenvalue weighted by molar-refractivity contribution is -0.117. The van der Waals surface area contributed by atoms with Crippen LogP contribution in [-0.2, 0) is 14.3 Å². The number of hydrogen-bond donors (Lipinski definition) is 0. The highest BCUT2D eigenvalue weighted by Crippen LogP contribution is 2.34. The summed E-state index contributed by atoms with van der Waals surface area (Å²) in [7, 11) is 1.56. The Morgan fingerprint density at radius 1 is 1.67 bits per heavy atom. The van der Waals surface area contributed by atoms with Gasteiger partial charge >= 0.3 is 0 Å². The number of ether oxygens (including phenoxy) is 2. The van der Waals surface area contributed by atoms with Gasteiger partial charge in [-0.1, -0.05) is 6.58 Å². The average Bonchev–Trinajstić information content (AvgIpc) is 2.31. The van der Waals surface area contributed by atoms with Crippen LogP contribution in [0.3, 0.4) is 0 Å². The van der Waals surface area contributed by atoms with Crippen molar-refractivity contribution in [1.29, 1.82) is 0 Å². The second kappa shape index (κ2) is 3.37. The molecule has 12 heavy (non-hydrogen) atoms. The quantitative estimate of drug-likeness (QED) is 0.473. The predicted molar refractivity (Wildman–Crippen MR) is 44.7 cm³/mol. The smallest absolute Gasteiger partial charge is 0.161 e. The van der Waals surface area contributed by atoms with E-state index in [0.717, 1.165) is 0 Å². The monoisotopic (exact) mass is 170 g/mol. The molecule has 3 nitrogen and oxygen atoms in total. The highest BCUT2D eigenvalue weighted by molar-refractivity contribution is 5.99. The largest absolute Gasteiger partial charge is 0.359 e. The predicted octanol–water partition coefficient (Wildman–Crippen LogP) is 1.28. The van der Waals surface area contributed by atoms with Gasteiger partial charge in [-0.25, -0.2) is 0 Å². The first-order valence-corrected chi connectivity index (χ1v) is 3.95. The van der Waals surface area contributed by atoms with Crippen LogP contribution >= 0.6 is 0 Å². The Morgan fingerprint density at radius 2 is 2.33 bits per heavy atom. The SMILES string of the molecule is C=C1C(=O)CCC1(C)OCOC. The molecule has 1 rings (SSSR count). The van der Waals surface area contributed by atoms with Crippen LogP contribution in [-0.4, -0.2) is 25.3 Å². The van der Waals surface area contributed by atoms with Gasteiger partial charge in [-0.2, -0.15) is 0 Å². The maximum Gasteiger partial charge on any atom is 0.161 e. The maximum absolute atomic E-state index is 11.1. The number of ketones is 1. The van der Waals surface area contributed by atoms with Crippen LogP contribution in [0.4, 0.5) is 0 Å². The minimum atomic E-state index is -0.493. The van der Waals surface area contributed by atoms with E-state index in [4.69, 9.17) is 9.47 Å². The summed E-state index contributed by atoms with van der Waals surface area (Å²) in [5.41, 5.74) is 0.0761. The molecule has 0 radical (unpaired) electrons. The third-order valence-electron chi connectivity index (χ3n) is 2.30. The fourth-order valence-electron chi connectivity index (χ4n) is 1.30. The molecule has 0 amide bonds. The van der Waals surface area contributed by atoms with Crippen LogP contribution in [0.25, 0.3) is 0 Å². The minimum Gasteiger partial charge on any atom is -0.359 e. The molecule has 1 aliphatic rings. The van der Waals surface area contributed by atoms with Crippen molar-refractivity contribution in [2.24, 2.45) is 0 Å². The molecule has 0 bridgehead atoms. The number of carbonyl (C=O) groups excluding carboxylic acids is 1. The van der Waals surface area contributed by atoms with Crippen LogP contribution in [0.15, 0.2) is 12.2 Å². The summed E-state index contributed by atoms with van der Waals surface area (Å²) in [5.74, 6) is 0.105. The summed E-state index contributed by atoms with van der Waals surface area (Å²) in [6.07, 6.45) is 1.26. The summed E-state index contributed by atoms with van der Waals surface area (Å²) < 4.78 is 10.2. The molecule has 0 aromatic rings. The van der Waals surface area contributed by atoms with Crippen molar-refractivity contribution in [1.82, 2.24) is 0 Å². The van der Waals surface area contributed by atoms with Crippen LogP contribution < -0.4 is 0 Å². The third-order valence-corrected chi connectivity index (χ3v) is 2.30. The molecule has 1 atom stereocenters. The molecule has 0 aliphatic heterocycles. The molecule has 1 aliphatic carbocycles. The van der Waals surface area contributed by atoms with Gasteiger partial charge in [0.25, 0.3) is 0 Å².